The first-order chi connectivity index (χ1) is 11.1. The quantitative estimate of drug-likeness (QED) is 0.411. The van der Waals surface area contributed by atoms with Gasteiger partial charge in [-0.15, -0.1) is 0 Å². The van der Waals surface area contributed by atoms with Gasteiger partial charge in [0.05, 0.1) is 0 Å². The van der Waals surface area contributed by atoms with Gasteiger partial charge in [-0.05, 0) is 42.4 Å². The van der Waals surface area contributed by atoms with Crippen molar-refractivity contribution in [2.45, 2.75) is 64.9 Å². The molecule has 2 rings (SSSR count). The highest BCUT2D eigenvalue weighted by atomic mass is 28.1. The van der Waals surface area contributed by atoms with E-state index in [-0.39, 0.29) is 11.0 Å². The van der Waals surface area contributed by atoms with Crippen molar-refractivity contribution in [3.63, 3.8) is 0 Å². The lowest BCUT2D eigenvalue weighted by atomic mass is 9.65. The molecule has 0 N–H and O–H groups in total. The Bertz CT molecular complexity index is 552. The molecule has 1 heterocycles. The summed E-state index contributed by atoms with van der Waals surface area (Å²) in [5.74, 6) is -0.352. The number of ether oxygens (including phenoxy) is 2. The lowest BCUT2D eigenvalue weighted by Crippen LogP contribution is -2.55. The van der Waals surface area contributed by atoms with Gasteiger partial charge in [0, 0.05) is 0 Å². The van der Waals surface area contributed by atoms with E-state index in [9.17, 15) is 9.59 Å². The van der Waals surface area contributed by atoms with Gasteiger partial charge in [0.25, 0.3) is 0 Å². The molecule has 4 nitrogen and oxygen atoms in total. The smallest absolute Gasteiger partial charge is 0.359 e. The van der Waals surface area contributed by atoms with Gasteiger partial charge < -0.3 is 9.47 Å². The van der Waals surface area contributed by atoms with Crippen LogP contribution in [-0.4, -0.2) is 28.5 Å². The van der Waals surface area contributed by atoms with Crippen molar-refractivity contribution in [3.05, 3.63) is 30.3 Å². The van der Waals surface area contributed by atoms with Crippen LogP contribution >= 0.6 is 0 Å². The van der Waals surface area contributed by atoms with E-state index < -0.39 is 23.0 Å². The molecule has 1 saturated heterocycles. The van der Waals surface area contributed by atoms with Crippen LogP contribution in [0.4, 0.5) is 0 Å². The second kappa shape index (κ2) is 8.47. The molecule has 0 aromatic heterocycles. The molecular formula is C19H30O4Si. The average Bonchev–Trinajstić information content (AvgIpc) is 2.72. The number of carbonyl (C=O) groups is 2. The maximum atomic E-state index is 12.7. The van der Waals surface area contributed by atoms with E-state index in [1.54, 1.807) is 0 Å². The fourth-order valence-electron chi connectivity index (χ4n) is 3.78. The summed E-state index contributed by atoms with van der Waals surface area (Å²) in [6.07, 6.45) is 4.01. The Labute approximate surface area is 148 Å². The number of cyclic esters (lactones) is 2. The van der Waals surface area contributed by atoms with Gasteiger partial charge in [-0.25, -0.2) is 4.79 Å². The fraction of sp³-hybridized carbons (Fsp3) is 0.579. The average molecular weight is 351 g/mol. The molecule has 5 heteroatoms. The Morgan fingerprint density at radius 1 is 0.875 bits per heavy atom. The van der Waals surface area contributed by atoms with Crippen molar-refractivity contribution < 1.29 is 19.1 Å². The molecule has 0 radical (unpaired) electrons. The number of hydrogen-bond acceptors (Lipinski definition) is 4. The number of rotatable bonds is 8. The summed E-state index contributed by atoms with van der Waals surface area (Å²) in [6.45, 7) is 6.04. The third-order valence-corrected chi connectivity index (χ3v) is 4.67. The molecule has 0 saturated carbocycles. The Morgan fingerprint density at radius 2 is 1.42 bits per heavy atom. The van der Waals surface area contributed by atoms with Crippen LogP contribution in [0.3, 0.4) is 0 Å². The van der Waals surface area contributed by atoms with Gasteiger partial charge in [0.1, 0.15) is 11.2 Å². The minimum absolute atomic E-state index is 0. The lowest BCUT2D eigenvalue weighted by Gasteiger charge is -2.40. The first-order valence-electron chi connectivity index (χ1n) is 8.57. The predicted molar refractivity (Wildman–Crippen MR) is 99.4 cm³/mol. The van der Waals surface area contributed by atoms with E-state index in [0.29, 0.717) is 25.0 Å². The van der Waals surface area contributed by atoms with Crippen LogP contribution in [0, 0.1) is 5.41 Å². The fourth-order valence-corrected chi connectivity index (χ4v) is 3.78. The zero-order chi connectivity index (χ0) is 16.9. The molecular weight excluding hydrogens is 320 g/mol. The second-order valence-electron chi connectivity index (χ2n) is 6.25. The first-order valence-corrected chi connectivity index (χ1v) is 8.57. The van der Waals surface area contributed by atoms with Crippen LogP contribution in [-0.2, 0) is 14.3 Å². The highest BCUT2D eigenvalue weighted by Crippen LogP contribution is 2.51. The normalized spacial score (nSPS) is 22.0. The molecule has 0 amide bonds. The van der Waals surface area contributed by atoms with E-state index in [4.69, 9.17) is 9.47 Å². The van der Waals surface area contributed by atoms with Gasteiger partial charge in [-0.1, -0.05) is 58.2 Å². The largest absolute Gasteiger partial charge is 0.474 e. The Hall–Kier alpha value is -1.62. The van der Waals surface area contributed by atoms with Crippen LogP contribution in [0.25, 0.3) is 0 Å². The second-order valence-corrected chi connectivity index (χ2v) is 6.25. The highest BCUT2D eigenvalue weighted by Gasteiger charge is 2.69. The third kappa shape index (κ3) is 3.27. The van der Waals surface area contributed by atoms with Gasteiger partial charge in [0.15, 0.2) is 0 Å². The molecule has 1 aromatic carbocycles. The van der Waals surface area contributed by atoms with Crippen LogP contribution in [0.15, 0.2) is 30.3 Å². The monoisotopic (exact) mass is 350 g/mol. The SMILES string of the molecule is CCCC1(CCC)C(=O)OC(=O)C1(CCC)Oc1ccccc1.[SiH4]. The summed E-state index contributed by atoms with van der Waals surface area (Å²) in [4.78, 5) is 25.3. The van der Waals surface area contributed by atoms with Crippen molar-refractivity contribution in [2.75, 3.05) is 0 Å². The summed E-state index contributed by atoms with van der Waals surface area (Å²) >= 11 is 0. The van der Waals surface area contributed by atoms with Crippen molar-refractivity contribution in [1.29, 1.82) is 0 Å². The molecule has 1 aliphatic heterocycles. The van der Waals surface area contributed by atoms with Gasteiger partial charge in [0.2, 0.25) is 5.60 Å². The number of para-hydroxylation sites is 1. The number of hydrogen-bond donors (Lipinski definition) is 0. The number of esters is 2. The molecule has 0 spiro atoms. The van der Waals surface area contributed by atoms with E-state index in [2.05, 4.69) is 0 Å². The van der Waals surface area contributed by atoms with Crippen molar-refractivity contribution in [1.82, 2.24) is 0 Å². The van der Waals surface area contributed by atoms with Crippen LogP contribution in [0.2, 0.25) is 0 Å². The maximum absolute atomic E-state index is 12.7. The summed E-state index contributed by atoms with van der Waals surface area (Å²) in [5, 5.41) is 0. The maximum Gasteiger partial charge on any atom is 0.359 e. The minimum Gasteiger partial charge on any atom is -0.474 e. The van der Waals surface area contributed by atoms with E-state index >= 15 is 0 Å². The number of carbonyl (C=O) groups excluding carboxylic acids is 2. The molecule has 134 valence electrons. The molecule has 1 fully saturated rings. The molecule has 1 aromatic rings. The van der Waals surface area contributed by atoms with Crippen molar-refractivity contribution in [3.8, 4) is 5.75 Å². The van der Waals surface area contributed by atoms with E-state index in [1.807, 2.05) is 51.1 Å². The Balaban J connectivity index is 0.00000288. The molecule has 1 aliphatic rings. The zero-order valence-electron chi connectivity index (χ0n) is 14.3. The standard InChI is InChI=1S/C19H26O4.H4Si/c1-4-12-18(13-5-2)16(20)22-17(21)19(18,14-6-3)23-15-10-8-7-9-11-15;/h7-11H,4-6,12-14H2,1-3H3;1H4. The van der Waals surface area contributed by atoms with Gasteiger partial charge >= 0.3 is 11.9 Å². The molecule has 0 bridgehead atoms. The minimum atomic E-state index is -1.22. The highest BCUT2D eigenvalue weighted by molar-refractivity contribution is 6.04. The van der Waals surface area contributed by atoms with Crippen molar-refractivity contribution in [2.24, 2.45) is 5.41 Å². The van der Waals surface area contributed by atoms with Crippen LogP contribution in [0.5, 0.6) is 5.75 Å². The summed E-state index contributed by atoms with van der Waals surface area (Å²) in [7, 11) is 0. The van der Waals surface area contributed by atoms with Gasteiger partial charge in [-0.3, -0.25) is 4.79 Å². The van der Waals surface area contributed by atoms with Crippen molar-refractivity contribution >= 4 is 22.9 Å². The molecule has 1 atom stereocenters. The Morgan fingerprint density at radius 3 is 1.92 bits per heavy atom. The summed E-state index contributed by atoms with van der Waals surface area (Å²) in [5.41, 5.74) is -2.11. The summed E-state index contributed by atoms with van der Waals surface area (Å²) < 4.78 is 11.3. The summed E-state index contributed by atoms with van der Waals surface area (Å²) in [6, 6.07) is 9.24. The van der Waals surface area contributed by atoms with Gasteiger partial charge in [-0.2, -0.15) is 0 Å². The number of benzene rings is 1. The first kappa shape index (κ1) is 20.4. The van der Waals surface area contributed by atoms with Crippen LogP contribution in [0.1, 0.15) is 59.3 Å². The third-order valence-electron chi connectivity index (χ3n) is 4.67. The Kier molecular flexibility index (Phi) is 7.20. The van der Waals surface area contributed by atoms with Crippen LogP contribution < -0.4 is 4.74 Å². The molecule has 0 aliphatic carbocycles. The lowest BCUT2D eigenvalue weighted by molar-refractivity contribution is -0.157. The predicted octanol–water partition coefficient (Wildman–Crippen LogP) is 2.82. The molecule has 1 unspecified atom stereocenters. The molecule has 24 heavy (non-hydrogen) atoms. The topological polar surface area (TPSA) is 52.6 Å². The van der Waals surface area contributed by atoms with E-state index in [0.717, 1.165) is 19.3 Å². The zero-order valence-corrected chi connectivity index (χ0v) is 14.3. The van der Waals surface area contributed by atoms with E-state index in [1.165, 1.54) is 0 Å².